The fraction of sp³-hybridized carbons (Fsp3) is 0.385. The van der Waals surface area contributed by atoms with E-state index in [4.69, 9.17) is 9.84 Å². The summed E-state index contributed by atoms with van der Waals surface area (Å²) in [4.78, 5) is 23.7. The topological polar surface area (TPSA) is 66.8 Å². The minimum Gasteiger partial charge on any atom is -0.497 e. The number of benzene rings is 1. The van der Waals surface area contributed by atoms with Gasteiger partial charge in [0.25, 0.3) is 0 Å². The second kappa shape index (κ2) is 6.05. The van der Waals surface area contributed by atoms with Gasteiger partial charge in [-0.25, -0.2) is 4.79 Å². The molecule has 0 radical (unpaired) electrons. The van der Waals surface area contributed by atoms with E-state index >= 15 is 0 Å². The molecule has 1 N–H and O–H groups in total. The highest BCUT2D eigenvalue weighted by Gasteiger charge is 2.22. The third-order valence-corrected chi connectivity index (χ3v) is 2.74. The number of ether oxygens (including phenoxy) is 1. The van der Waals surface area contributed by atoms with E-state index in [1.54, 1.807) is 19.2 Å². The zero-order chi connectivity index (χ0) is 13.7. The van der Waals surface area contributed by atoms with Gasteiger partial charge in [0, 0.05) is 13.5 Å². The van der Waals surface area contributed by atoms with Gasteiger partial charge in [0.2, 0.25) is 5.91 Å². The van der Waals surface area contributed by atoms with Crippen LogP contribution in [0.15, 0.2) is 24.3 Å². The number of carboxylic acids is 1. The predicted molar refractivity (Wildman–Crippen MR) is 66.3 cm³/mol. The van der Waals surface area contributed by atoms with Crippen LogP contribution in [0.25, 0.3) is 0 Å². The Morgan fingerprint density at radius 3 is 2.28 bits per heavy atom. The zero-order valence-electron chi connectivity index (χ0n) is 10.7. The molecule has 0 saturated heterocycles. The number of carbonyl (C=O) groups excluding carboxylic acids is 1. The standard InChI is InChI=1S/C13H17NO4/c1-9(13(16)17)14(10(2)15)8-11-4-6-12(18-3)7-5-11/h4-7,9H,8H2,1-3H3,(H,16,17)/t9-/m0/s1. The van der Waals surface area contributed by atoms with Crippen LogP contribution >= 0.6 is 0 Å². The minimum absolute atomic E-state index is 0.263. The van der Waals surface area contributed by atoms with E-state index in [9.17, 15) is 9.59 Å². The Hall–Kier alpha value is -2.04. The first-order valence-electron chi connectivity index (χ1n) is 5.58. The number of carbonyl (C=O) groups is 2. The molecule has 1 amide bonds. The SMILES string of the molecule is COc1ccc(CN(C(C)=O)[C@@H](C)C(=O)O)cc1. The number of aliphatic carboxylic acids is 1. The fourth-order valence-electron chi connectivity index (χ4n) is 1.58. The summed E-state index contributed by atoms with van der Waals surface area (Å²) in [6.45, 7) is 3.13. The van der Waals surface area contributed by atoms with Crippen LogP contribution in [0.3, 0.4) is 0 Å². The molecule has 5 heteroatoms. The maximum absolute atomic E-state index is 11.5. The lowest BCUT2D eigenvalue weighted by atomic mass is 10.1. The van der Waals surface area contributed by atoms with E-state index in [2.05, 4.69) is 0 Å². The molecule has 0 spiro atoms. The van der Waals surface area contributed by atoms with Gasteiger partial charge in [-0.15, -0.1) is 0 Å². The van der Waals surface area contributed by atoms with E-state index in [0.717, 1.165) is 11.3 Å². The first-order valence-corrected chi connectivity index (χ1v) is 5.58. The van der Waals surface area contributed by atoms with Gasteiger partial charge < -0.3 is 14.7 Å². The Balaban J connectivity index is 2.83. The average molecular weight is 251 g/mol. The molecule has 1 aromatic carbocycles. The van der Waals surface area contributed by atoms with Crippen LogP contribution in [0.2, 0.25) is 0 Å². The Kier molecular flexibility index (Phi) is 4.71. The highest BCUT2D eigenvalue weighted by molar-refractivity contribution is 5.81. The van der Waals surface area contributed by atoms with Crippen LogP contribution in [0.4, 0.5) is 0 Å². The van der Waals surface area contributed by atoms with Crippen molar-refractivity contribution in [3.05, 3.63) is 29.8 Å². The number of hydrogen-bond donors (Lipinski definition) is 1. The summed E-state index contributed by atoms with van der Waals surface area (Å²) in [6.07, 6.45) is 0. The van der Waals surface area contributed by atoms with Crippen molar-refractivity contribution >= 4 is 11.9 Å². The number of carboxylic acid groups (broad SMARTS) is 1. The molecular formula is C13H17NO4. The molecule has 0 saturated carbocycles. The monoisotopic (exact) mass is 251 g/mol. The normalized spacial score (nSPS) is 11.7. The molecule has 98 valence electrons. The number of rotatable bonds is 5. The van der Waals surface area contributed by atoms with Crippen LogP contribution in [-0.2, 0) is 16.1 Å². The van der Waals surface area contributed by atoms with Crippen molar-refractivity contribution in [3.63, 3.8) is 0 Å². The Labute approximate surface area is 106 Å². The van der Waals surface area contributed by atoms with Crippen molar-refractivity contribution in [2.75, 3.05) is 7.11 Å². The zero-order valence-corrected chi connectivity index (χ0v) is 10.7. The van der Waals surface area contributed by atoms with Crippen LogP contribution in [0, 0.1) is 0 Å². The average Bonchev–Trinajstić information content (AvgIpc) is 2.35. The highest BCUT2D eigenvalue weighted by atomic mass is 16.5. The summed E-state index contributed by atoms with van der Waals surface area (Å²) in [5.41, 5.74) is 0.860. The van der Waals surface area contributed by atoms with Gasteiger partial charge in [0.1, 0.15) is 11.8 Å². The molecule has 0 bridgehead atoms. The lowest BCUT2D eigenvalue weighted by Crippen LogP contribution is -2.41. The second-order valence-corrected chi connectivity index (χ2v) is 4.01. The second-order valence-electron chi connectivity index (χ2n) is 4.01. The Bertz CT molecular complexity index is 427. The maximum Gasteiger partial charge on any atom is 0.326 e. The summed E-state index contributed by atoms with van der Waals surface area (Å²) in [5.74, 6) is -0.557. The highest BCUT2D eigenvalue weighted by Crippen LogP contribution is 2.14. The number of methoxy groups -OCH3 is 1. The summed E-state index contributed by atoms with van der Waals surface area (Å²) in [5, 5.41) is 8.95. The molecule has 0 aliphatic rings. The number of nitrogens with zero attached hydrogens (tertiary/aromatic N) is 1. The van der Waals surface area contributed by atoms with Crippen LogP contribution < -0.4 is 4.74 Å². The molecule has 1 aromatic rings. The van der Waals surface area contributed by atoms with Gasteiger partial charge >= 0.3 is 5.97 Å². The number of amides is 1. The summed E-state index contributed by atoms with van der Waals surface area (Å²) in [7, 11) is 1.57. The molecule has 5 nitrogen and oxygen atoms in total. The first-order chi connectivity index (χ1) is 8.45. The van der Waals surface area contributed by atoms with Crippen LogP contribution in [-0.4, -0.2) is 35.0 Å². The molecule has 0 heterocycles. The minimum atomic E-state index is -1.02. The Morgan fingerprint density at radius 1 is 1.33 bits per heavy atom. The van der Waals surface area contributed by atoms with E-state index in [1.165, 1.54) is 18.7 Å². The molecule has 0 aliphatic heterocycles. The number of hydrogen-bond acceptors (Lipinski definition) is 3. The van der Waals surface area contributed by atoms with E-state index in [1.807, 2.05) is 12.1 Å². The van der Waals surface area contributed by atoms with E-state index < -0.39 is 12.0 Å². The van der Waals surface area contributed by atoms with Gasteiger partial charge in [-0.05, 0) is 24.6 Å². The van der Waals surface area contributed by atoms with Crippen LogP contribution in [0.1, 0.15) is 19.4 Å². The lowest BCUT2D eigenvalue weighted by Gasteiger charge is -2.25. The predicted octanol–water partition coefficient (Wildman–Crippen LogP) is 1.52. The third kappa shape index (κ3) is 3.48. The van der Waals surface area contributed by atoms with Crippen molar-refractivity contribution in [3.8, 4) is 5.75 Å². The van der Waals surface area contributed by atoms with Crippen molar-refractivity contribution in [2.24, 2.45) is 0 Å². The summed E-state index contributed by atoms with van der Waals surface area (Å²) >= 11 is 0. The molecular weight excluding hydrogens is 234 g/mol. The van der Waals surface area contributed by atoms with Gasteiger partial charge in [-0.3, -0.25) is 4.79 Å². The summed E-state index contributed by atoms with van der Waals surface area (Å²) in [6, 6.07) is 6.33. The lowest BCUT2D eigenvalue weighted by molar-refractivity contribution is -0.149. The van der Waals surface area contributed by atoms with Gasteiger partial charge in [0.05, 0.1) is 7.11 Å². The van der Waals surface area contributed by atoms with Gasteiger partial charge in [-0.2, -0.15) is 0 Å². The maximum atomic E-state index is 11.5. The molecule has 1 atom stereocenters. The van der Waals surface area contributed by atoms with Crippen molar-refractivity contribution in [2.45, 2.75) is 26.4 Å². The van der Waals surface area contributed by atoms with Gasteiger partial charge in [-0.1, -0.05) is 12.1 Å². The summed E-state index contributed by atoms with van der Waals surface area (Å²) < 4.78 is 5.03. The van der Waals surface area contributed by atoms with E-state index in [0.29, 0.717) is 0 Å². The van der Waals surface area contributed by atoms with Crippen molar-refractivity contribution < 1.29 is 19.4 Å². The molecule has 1 rings (SSSR count). The third-order valence-electron chi connectivity index (χ3n) is 2.74. The fourth-order valence-corrected chi connectivity index (χ4v) is 1.58. The molecule has 0 aliphatic carbocycles. The van der Waals surface area contributed by atoms with Gasteiger partial charge in [0.15, 0.2) is 0 Å². The van der Waals surface area contributed by atoms with E-state index in [-0.39, 0.29) is 12.5 Å². The largest absolute Gasteiger partial charge is 0.497 e. The van der Waals surface area contributed by atoms with Crippen LogP contribution in [0.5, 0.6) is 5.75 Å². The quantitative estimate of drug-likeness (QED) is 0.861. The van der Waals surface area contributed by atoms with Crippen molar-refractivity contribution in [1.82, 2.24) is 4.90 Å². The van der Waals surface area contributed by atoms with Crippen molar-refractivity contribution in [1.29, 1.82) is 0 Å². The molecule has 18 heavy (non-hydrogen) atoms. The molecule has 0 aromatic heterocycles. The molecule has 0 fully saturated rings. The molecule has 0 unspecified atom stereocenters. The smallest absolute Gasteiger partial charge is 0.326 e. The Morgan fingerprint density at radius 2 is 1.89 bits per heavy atom. The first kappa shape index (κ1) is 14.0.